The van der Waals surface area contributed by atoms with E-state index in [2.05, 4.69) is 17.0 Å². The summed E-state index contributed by atoms with van der Waals surface area (Å²) in [4.78, 5) is 39.8. The molecule has 1 fully saturated rings. The fraction of sp³-hybridized carbons (Fsp3) is 0.263. The SMILES string of the molecule is C=CC(=O)N(C)c1ccc(C(=O)Nc2cn(C)nc2C(=O)N2CCC2)cc1. The van der Waals surface area contributed by atoms with Crippen LogP contribution in [-0.4, -0.2) is 52.5 Å². The van der Waals surface area contributed by atoms with Gasteiger partial charge in [-0.2, -0.15) is 5.10 Å². The van der Waals surface area contributed by atoms with E-state index in [4.69, 9.17) is 0 Å². The molecule has 0 aliphatic carbocycles. The van der Waals surface area contributed by atoms with Crippen molar-refractivity contribution in [3.05, 3.63) is 54.4 Å². The number of amides is 3. The van der Waals surface area contributed by atoms with Gasteiger partial charge < -0.3 is 15.1 Å². The van der Waals surface area contributed by atoms with Crippen molar-refractivity contribution in [3.8, 4) is 0 Å². The van der Waals surface area contributed by atoms with Crippen LogP contribution in [0.3, 0.4) is 0 Å². The molecule has 0 unspecified atom stereocenters. The zero-order chi connectivity index (χ0) is 19.6. The Balaban J connectivity index is 1.75. The maximum atomic E-state index is 12.6. The Kier molecular flexibility index (Phi) is 5.07. The minimum Gasteiger partial charge on any atom is -0.337 e. The van der Waals surface area contributed by atoms with Crippen LogP contribution in [0.25, 0.3) is 0 Å². The number of benzene rings is 1. The van der Waals surface area contributed by atoms with Crippen molar-refractivity contribution in [1.82, 2.24) is 14.7 Å². The van der Waals surface area contributed by atoms with Crippen molar-refractivity contribution in [2.24, 2.45) is 7.05 Å². The number of carbonyl (C=O) groups is 3. The summed E-state index contributed by atoms with van der Waals surface area (Å²) < 4.78 is 1.50. The molecule has 27 heavy (non-hydrogen) atoms. The van der Waals surface area contributed by atoms with Crippen LogP contribution in [0.1, 0.15) is 27.3 Å². The highest BCUT2D eigenvalue weighted by atomic mass is 16.2. The lowest BCUT2D eigenvalue weighted by Gasteiger charge is -2.30. The molecule has 3 amide bonds. The summed E-state index contributed by atoms with van der Waals surface area (Å²) in [6.45, 7) is 4.87. The zero-order valence-corrected chi connectivity index (χ0v) is 15.3. The quantitative estimate of drug-likeness (QED) is 0.815. The second-order valence-electron chi connectivity index (χ2n) is 6.31. The number of aromatic nitrogens is 2. The Labute approximate surface area is 157 Å². The molecule has 1 aliphatic heterocycles. The number of anilines is 2. The van der Waals surface area contributed by atoms with E-state index in [-0.39, 0.29) is 23.4 Å². The standard InChI is InChI=1S/C19H21N5O3/c1-4-16(25)23(3)14-8-6-13(7-9-14)18(26)20-15-12-22(2)21-17(15)19(27)24-10-5-11-24/h4,6-9,12H,1,5,10-11H2,2-3H3,(H,20,26). The molecule has 0 radical (unpaired) electrons. The van der Waals surface area contributed by atoms with Crippen molar-refractivity contribution in [2.75, 3.05) is 30.4 Å². The molecule has 1 saturated heterocycles. The first-order chi connectivity index (χ1) is 12.9. The van der Waals surface area contributed by atoms with Gasteiger partial charge in [-0.15, -0.1) is 0 Å². The number of nitrogens with one attached hydrogen (secondary N) is 1. The third-order valence-electron chi connectivity index (χ3n) is 4.44. The highest BCUT2D eigenvalue weighted by molar-refractivity contribution is 6.08. The van der Waals surface area contributed by atoms with Crippen LogP contribution in [-0.2, 0) is 11.8 Å². The number of rotatable bonds is 5. The summed E-state index contributed by atoms with van der Waals surface area (Å²) >= 11 is 0. The highest BCUT2D eigenvalue weighted by Crippen LogP contribution is 2.20. The van der Waals surface area contributed by atoms with Gasteiger partial charge in [0.2, 0.25) is 5.91 Å². The molecule has 0 atom stereocenters. The Morgan fingerprint density at radius 1 is 1.22 bits per heavy atom. The van der Waals surface area contributed by atoms with Crippen molar-refractivity contribution in [3.63, 3.8) is 0 Å². The first-order valence-electron chi connectivity index (χ1n) is 8.55. The van der Waals surface area contributed by atoms with E-state index >= 15 is 0 Å². The number of nitrogens with zero attached hydrogens (tertiary/aromatic N) is 4. The number of hydrogen-bond donors (Lipinski definition) is 1. The molecule has 3 rings (SSSR count). The van der Waals surface area contributed by atoms with E-state index in [1.54, 1.807) is 49.5 Å². The van der Waals surface area contributed by atoms with Gasteiger partial charge in [0.25, 0.3) is 11.8 Å². The molecular weight excluding hydrogens is 346 g/mol. The third-order valence-corrected chi connectivity index (χ3v) is 4.44. The van der Waals surface area contributed by atoms with Crippen LogP contribution in [0.4, 0.5) is 11.4 Å². The van der Waals surface area contributed by atoms with Gasteiger partial charge in [0, 0.05) is 44.6 Å². The van der Waals surface area contributed by atoms with Crippen molar-refractivity contribution < 1.29 is 14.4 Å². The molecule has 0 bridgehead atoms. The molecule has 140 valence electrons. The van der Waals surface area contributed by atoms with Gasteiger partial charge in [-0.3, -0.25) is 19.1 Å². The largest absolute Gasteiger partial charge is 0.337 e. The van der Waals surface area contributed by atoms with Crippen LogP contribution >= 0.6 is 0 Å². The van der Waals surface area contributed by atoms with E-state index in [0.29, 0.717) is 30.0 Å². The molecule has 2 aromatic rings. The lowest BCUT2D eigenvalue weighted by atomic mass is 10.1. The number of carbonyl (C=O) groups excluding carboxylic acids is 3. The smallest absolute Gasteiger partial charge is 0.276 e. The number of likely N-dealkylation sites (tertiary alicyclic amines) is 1. The third kappa shape index (κ3) is 3.74. The first kappa shape index (κ1) is 18.4. The van der Waals surface area contributed by atoms with Crippen LogP contribution in [0.2, 0.25) is 0 Å². The Bertz CT molecular complexity index is 897. The predicted octanol–water partition coefficient (Wildman–Crippen LogP) is 1.67. The van der Waals surface area contributed by atoms with Crippen LogP contribution in [0.15, 0.2) is 43.1 Å². The van der Waals surface area contributed by atoms with Gasteiger partial charge >= 0.3 is 0 Å². The second kappa shape index (κ2) is 7.45. The van der Waals surface area contributed by atoms with Gasteiger partial charge in [0.05, 0.1) is 5.69 Å². The van der Waals surface area contributed by atoms with Gasteiger partial charge in [0.1, 0.15) is 0 Å². The predicted molar refractivity (Wildman–Crippen MR) is 102 cm³/mol. The van der Waals surface area contributed by atoms with Gasteiger partial charge in [-0.1, -0.05) is 6.58 Å². The lowest BCUT2D eigenvalue weighted by Crippen LogP contribution is -2.42. The summed E-state index contributed by atoms with van der Waals surface area (Å²) in [5.41, 5.74) is 1.66. The van der Waals surface area contributed by atoms with Gasteiger partial charge in [-0.05, 0) is 36.8 Å². The molecule has 1 aliphatic rings. The zero-order valence-electron chi connectivity index (χ0n) is 15.3. The first-order valence-corrected chi connectivity index (χ1v) is 8.55. The monoisotopic (exact) mass is 367 g/mol. The Morgan fingerprint density at radius 3 is 2.44 bits per heavy atom. The van der Waals surface area contributed by atoms with E-state index in [1.807, 2.05) is 0 Å². The summed E-state index contributed by atoms with van der Waals surface area (Å²) in [6.07, 6.45) is 3.81. The average molecular weight is 367 g/mol. The highest BCUT2D eigenvalue weighted by Gasteiger charge is 2.27. The summed E-state index contributed by atoms with van der Waals surface area (Å²) in [5, 5.41) is 6.93. The molecule has 2 heterocycles. The topological polar surface area (TPSA) is 87.5 Å². The number of likely N-dealkylation sites (N-methyl/N-ethyl adjacent to an activating group) is 1. The van der Waals surface area contributed by atoms with Crippen LogP contribution in [0, 0.1) is 0 Å². The normalized spacial score (nSPS) is 12.9. The molecule has 0 spiro atoms. The minimum absolute atomic E-state index is 0.183. The van der Waals surface area contributed by atoms with Crippen molar-refractivity contribution in [1.29, 1.82) is 0 Å². The van der Waals surface area contributed by atoms with E-state index in [0.717, 1.165) is 6.42 Å². The lowest BCUT2D eigenvalue weighted by molar-refractivity contribution is -0.113. The van der Waals surface area contributed by atoms with Crippen molar-refractivity contribution >= 4 is 29.1 Å². The maximum absolute atomic E-state index is 12.6. The molecular formula is C19H21N5O3. The van der Waals surface area contributed by atoms with Gasteiger partial charge in [0.15, 0.2) is 5.69 Å². The maximum Gasteiger partial charge on any atom is 0.276 e. The van der Waals surface area contributed by atoms with E-state index < -0.39 is 0 Å². The Hall–Kier alpha value is -3.42. The number of hydrogen-bond acceptors (Lipinski definition) is 4. The minimum atomic E-state index is -0.357. The molecule has 8 heteroatoms. The fourth-order valence-corrected chi connectivity index (χ4v) is 2.70. The Morgan fingerprint density at radius 2 is 1.89 bits per heavy atom. The summed E-state index contributed by atoms with van der Waals surface area (Å²) in [6, 6.07) is 6.58. The van der Waals surface area contributed by atoms with E-state index in [1.165, 1.54) is 15.7 Å². The summed E-state index contributed by atoms with van der Waals surface area (Å²) in [7, 11) is 3.33. The molecule has 1 N–H and O–H groups in total. The molecule has 1 aromatic heterocycles. The summed E-state index contributed by atoms with van der Waals surface area (Å²) in [5.74, 6) is -0.779. The van der Waals surface area contributed by atoms with Crippen molar-refractivity contribution in [2.45, 2.75) is 6.42 Å². The van der Waals surface area contributed by atoms with E-state index in [9.17, 15) is 14.4 Å². The van der Waals surface area contributed by atoms with Crippen LogP contribution in [0.5, 0.6) is 0 Å². The molecule has 8 nitrogen and oxygen atoms in total. The fourth-order valence-electron chi connectivity index (χ4n) is 2.70. The second-order valence-corrected chi connectivity index (χ2v) is 6.31. The van der Waals surface area contributed by atoms with Gasteiger partial charge in [-0.25, -0.2) is 0 Å². The molecule has 1 aromatic carbocycles. The average Bonchev–Trinajstić information content (AvgIpc) is 2.99. The van der Waals surface area contributed by atoms with Crippen LogP contribution < -0.4 is 10.2 Å². The molecule has 0 saturated carbocycles. The number of aryl methyl sites for hydroxylation is 1.